The van der Waals surface area contributed by atoms with E-state index >= 15 is 0 Å². The summed E-state index contributed by atoms with van der Waals surface area (Å²) in [6.45, 7) is 1.98. The average molecular weight is 420 g/mol. The number of hydrogen-bond acceptors (Lipinski definition) is 1. The maximum absolute atomic E-state index is 8.23. The third-order valence-corrected chi connectivity index (χ3v) is 6.73. The van der Waals surface area contributed by atoms with Crippen molar-refractivity contribution in [2.75, 3.05) is 0 Å². The van der Waals surface area contributed by atoms with Gasteiger partial charge in [-0.2, -0.15) is 0 Å². The molecule has 2 aromatic heterocycles. The van der Waals surface area contributed by atoms with Crippen molar-refractivity contribution < 1.29 is 8.68 Å². The molecule has 0 amide bonds. The summed E-state index contributed by atoms with van der Waals surface area (Å²) in [4.78, 5) is 4.61. The molecule has 3 aromatic carbocycles. The lowest BCUT2D eigenvalue weighted by molar-refractivity contribution is -0.660. The summed E-state index contributed by atoms with van der Waals surface area (Å²) < 4.78 is 28.8. The molecule has 0 fully saturated rings. The zero-order valence-corrected chi connectivity index (χ0v) is 18.5. The van der Waals surface area contributed by atoms with E-state index in [0.717, 1.165) is 40.2 Å². The molecule has 0 N–H and O–H groups in total. The van der Waals surface area contributed by atoms with Crippen molar-refractivity contribution in [1.82, 2.24) is 9.55 Å². The van der Waals surface area contributed by atoms with Gasteiger partial charge in [0.2, 0.25) is 5.69 Å². The summed E-state index contributed by atoms with van der Waals surface area (Å²) in [5.41, 5.74) is 8.90. The van der Waals surface area contributed by atoms with Crippen molar-refractivity contribution in [3.8, 4) is 28.1 Å². The van der Waals surface area contributed by atoms with Crippen LogP contribution in [0.4, 0.5) is 0 Å². The number of aromatic nitrogens is 3. The van der Waals surface area contributed by atoms with E-state index in [-0.39, 0.29) is 0 Å². The highest BCUT2D eigenvalue weighted by Crippen LogP contribution is 2.43. The standard InChI is InChI=1S/C29H26N3/c1-18-9-11-21(12-10-18)24-15-26(31(4)17-19(24)2)28-20(3)22-7-5-6-8-23(22)29-25(28)16-27-30-13-14-32(27)29/h5-15,17H,16H2,1-4H3/q+1/i2D3. The summed E-state index contributed by atoms with van der Waals surface area (Å²) in [6.07, 6.45) is 6.41. The van der Waals surface area contributed by atoms with Gasteiger partial charge in [0.25, 0.3) is 0 Å². The molecule has 0 atom stereocenters. The van der Waals surface area contributed by atoms with Crippen molar-refractivity contribution in [2.24, 2.45) is 7.05 Å². The molecule has 3 heteroatoms. The average Bonchev–Trinajstić information content (AvgIpc) is 3.41. The number of nitrogens with zero attached hydrogens (tertiary/aromatic N) is 3. The van der Waals surface area contributed by atoms with Gasteiger partial charge < -0.3 is 4.57 Å². The molecule has 1 aliphatic heterocycles. The molecule has 0 saturated heterocycles. The van der Waals surface area contributed by atoms with E-state index in [1.165, 1.54) is 27.6 Å². The summed E-state index contributed by atoms with van der Waals surface area (Å²) >= 11 is 0. The van der Waals surface area contributed by atoms with Crippen LogP contribution in [-0.4, -0.2) is 9.55 Å². The number of rotatable bonds is 2. The fourth-order valence-corrected chi connectivity index (χ4v) is 5.15. The first-order chi connectivity index (χ1) is 16.7. The summed E-state index contributed by atoms with van der Waals surface area (Å²) in [6, 6.07) is 18.6. The molecular weight excluding hydrogens is 390 g/mol. The van der Waals surface area contributed by atoms with E-state index in [4.69, 9.17) is 4.11 Å². The van der Waals surface area contributed by atoms with Gasteiger partial charge in [-0.1, -0.05) is 54.1 Å². The first-order valence-electron chi connectivity index (χ1n) is 12.4. The van der Waals surface area contributed by atoms with Crippen LogP contribution in [0.3, 0.4) is 0 Å². The molecular formula is C29H26N3+. The number of hydrogen-bond donors (Lipinski definition) is 0. The second-order valence-corrected chi connectivity index (χ2v) is 8.73. The molecule has 0 radical (unpaired) electrons. The maximum atomic E-state index is 8.23. The monoisotopic (exact) mass is 419 g/mol. The minimum Gasteiger partial charge on any atom is -0.303 e. The third-order valence-electron chi connectivity index (χ3n) is 6.73. The van der Waals surface area contributed by atoms with E-state index in [1.807, 2.05) is 55.2 Å². The van der Waals surface area contributed by atoms with E-state index in [0.29, 0.717) is 5.56 Å². The van der Waals surface area contributed by atoms with Crippen LogP contribution in [0.1, 0.15) is 32.2 Å². The van der Waals surface area contributed by atoms with Gasteiger partial charge in [-0.15, -0.1) is 0 Å². The lowest BCUT2D eigenvalue weighted by atomic mass is 9.89. The van der Waals surface area contributed by atoms with Gasteiger partial charge in [0.05, 0.1) is 11.3 Å². The van der Waals surface area contributed by atoms with E-state index in [2.05, 4.69) is 46.8 Å². The molecule has 5 aromatic rings. The van der Waals surface area contributed by atoms with Crippen LogP contribution in [0.15, 0.2) is 73.2 Å². The summed E-state index contributed by atoms with van der Waals surface area (Å²) in [7, 11) is 1.94. The molecule has 3 nitrogen and oxygen atoms in total. The SMILES string of the molecule is [2H]C([2H])([2H])c1c[n+](C)c(-c2c3c(c4ccccc4c2C)-n2ccnc2C3)cc1-c1ccc(C)cc1. The number of fused-ring (bicyclic) bond motifs is 5. The van der Waals surface area contributed by atoms with E-state index < -0.39 is 6.85 Å². The molecule has 0 bridgehead atoms. The number of benzene rings is 3. The van der Waals surface area contributed by atoms with Crippen molar-refractivity contribution in [1.29, 1.82) is 0 Å². The predicted octanol–water partition coefficient (Wildman–Crippen LogP) is 6.01. The third kappa shape index (κ3) is 2.67. The van der Waals surface area contributed by atoms with Crippen molar-refractivity contribution in [3.05, 3.63) is 101 Å². The van der Waals surface area contributed by atoms with Crippen LogP contribution < -0.4 is 4.57 Å². The van der Waals surface area contributed by atoms with Gasteiger partial charge in [-0.25, -0.2) is 9.55 Å². The second kappa shape index (κ2) is 6.89. The molecule has 0 aliphatic carbocycles. The smallest absolute Gasteiger partial charge is 0.213 e. The molecule has 0 saturated carbocycles. The summed E-state index contributed by atoms with van der Waals surface area (Å²) in [5, 5.41) is 2.40. The minimum atomic E-state index is -2.22. The molecule has 0 spiro atoms. The summed E-state index contributed by atoms with van der Waals surface area (Å²) in [5.74, 6) is 1.03. The van der Waals surface area contributed by atoms with Gasteiger partial charge >= 0.3 is 0 Å². The molecule has 3 heterocycles. The van der Waals surface area contributed by atoms with Crippen LogP contribution in [0.5, 0.6) is 0 Å². The van der Waals surface area contributed by atoms with Crippen LogP contribution in [-0.2, 0) is 13.5 Å². The molecule has 6 rings (SSSR count). The fraction of sp³-hybridized carbons (Fsp3) is 0.172. The number of imidazole rings is 1. The Balaban J connectivity index is 1.70. The second-order valence-electron chi connectivity index (χ2n) is 8.73. The Morgan fingerprint density at radius 1 is 1.03 bits per heavy atom. The zero-order valence-electron chi connectivity index (χ0n) is 21.5. The highest BCUT2D eigenvalue weighted by atomic mass is 15.1. The van der Waals surface area contributed by atoms with Gasteiger partial charge in [-0.05, 0) is 48.3 Å². The lowest BCUT2D eigenvalue weighted by Crippen LogP contribution is -2.32. The topological polar surface area (TPSA) is 21.7 Å². The number of aryl methyl sites for hydroxylation is 4. The highest BCUT2D eigenvalue weighted by molar-refractivity contribution is 6.00. The largest absolute Gasteiger partial charge is 0.303 e. The normalized spacial score (nSPS) is 14.0. The number of pyridine rings is 1. The Kier molecular flexibility index (Phi) is 3.44. The van der Waals surface area contributed by atoms with Gasteiger partial charge in [0, 0.05) is 39.9 Å². The lowest BCUT2D eigenvalue weighted by Gasteiger charge is -2.17. The molecule has 0 unspecified atom stereocenters. The van der Waals surface area contributed by atoms with Gasteiger partial charge in [-0.3, -0.25) is 0 Å². The van der Waals surface area contributed by atoms with Crippen molar-refractivity contribution in [3.63, 3.8) is 0 Å². The molecule has 1 aliphatic rings. The Morgan fingerprint density at radius 2 is 1.81 bits per heavy atom. The zero-order chi connectivity index (χ0) is 24.5. The quantitative estimate of drug-likeness (QED) is 0.315. The first kappa shape index (κ1) is 16.0. The van der Waals surface area contributed by atoms with E-state index in [9.17, 15) is 0 Å². The minimum absolute atomic E-state index is 0.357. The van der Waals surface area contributed by atoms with E-state index in [1.54, 1.807) is 6.20 Å². The highest BCUT2D eigenvalue weighted by Gasteiger charge is 2.30. The van der Waals surface area contributed by atoms with Gasteiger partial charge in [0.15, 0.2) is 6.20 Å². The van der Waals surface area contributed by atoms with Crippen LogP contribution in [0.2, 0.25) is 0 Å². The predicted molar refractivity (Wildman–Crippen MR) is 130 cm³/mol. The van der Waals surface area contributed by atoms with Crippen molar-refractivity contribution >= 4 is 10.8 Å². The molecule has 32 heavy (non-hydrogen) atoms. The van der Waals surface area contributed by atoms with Crippen molar-refractivity contribution in [2.45, 2.75) is 27.1 Å². The Labute approximate surface area is 192 Å². The molecule has 156 valence electrons. The van der Waals surface area contributed by atoms with Crippen LogP contribution in [0, 0.1) is 20.7 Å². The first-order valence-corrected chi connectivity index (χ1v) is 10.9. The van der Waals surface area contributed by atoms with Crippen LogP contribution >= 0.6 is 0 Å². The Morgan fingerprint density at radius 3 is 2.59 bits per heavy atom. The Hall–Kier alpha value is -3.72. The van der Waals surface area contributed by atoms with Gasteiger partial charge in [0.1, 0.15) is 12.9 Å². The Bertz CT molecular complexity index is 1630. The fourth-order valence-electron chi connectivity index (χ4n) is 5.15. The van der Waals surface area contributed by atoms with Crippen LogP contribution in [0.25, 0.3) is 38.8 Å². The maximum Gasteiger partial charge on any atom is 0.213 e.